The molecule has 0 radical (unpaired) electrons. The Hall–Kier alpha value is -2.66. The molecule has 4 rings (SSSR count). The smallest absolute Gasteiger partial charge is 0.144 e. The van der Waals surface area contributed by atoms with Crippen molar-refractivity contribution >= 4 is 0 Å². The van der Waals surface area contributed by atoms with Crippen molar-refractivity contribution in [1.82, 2.24) is 4.90 Å². The van der Waals surface area contributed by atoms with Gasteiger partial charge in [0.25, 0.3) is 0 Å². The van der Waals surface area contributed by atoms with Gasteiger partial charge in [-0.1, -0.05) is 79.2 Å². The van der Waals surface area contributed by atoms with Gasteiger partial charge in [-0.3, -0.25) is 4.90 Å². The van der Waals surface area contributed by atoms with Crippen molar-refractivity contribution in [2.75, 3.05) is 26.8 Å². The standard InChI is InChI=1S/C29H35NO3/c1-32-27-18-16-26(17-19-27)29(31,30-21-9-4-10-22-30)20-11-23-33-28(24-12-5-2-6-13-24)25-14-7-3-8-15-25/h2-3,5-8,12-19,28,31H,4,9-11,20-23H2,1H3. The zero-order chi connectivity index (χ0) is 22.9. The highest BCUT2D eigenvalue weighted by molar-refractivity contribution is 5.31. The van der Waals surface area contributed by atoms with Gasteiger partial charge in [-0.15, -0.1) is 0 Å². The summed E-state index contributed by atoms with van der Waals surface area (Å²) >= 11 is 0. The van der Waals surface area contributed by atoms with Crippen molar-refractivity contribution < 1.29 is 14.6 Å². The maximum Gasteiger partial charge on any atom is 0.144 e. The Bertz CT molecular complexity index is 916. The first-order valence-corrected chi connectivity index (χ1v) is 12.0. The van der Waals surface area contributed by atoms with Crippen molar-refractivity contribution in [1.29, 1.82) is 0 Å². The molecule has 0 bridgehead atoms. The molecule has 3 aromatic carbocycles. The molecule has 174 valence electrons. The van der Waals surface area contributed by atoms with Crippen LogP contribution in [0.2, 0.25) is 0 Å². The van der Waals surface area contributed by atoms with E-state index in [9.17, 15) is 5.11 Å². The maximum absolute atomic E-state index is 11.9. The first kappa shape index (κ1) is 23.5. The highest BCUT2D eigenvalue weighted by Gasteiger charge is 2.36. The minimum atomic E-state index is -0.995. The van der Waals surface area contributed by atoms with Gasteiger partial charge in [0, 0.05) is 19.7 Å². The van der Waals surface area contributed by atoms with Gasteiger partial charge in [-0.25, -0.2) is 0 Å². The molecule has 1 N–H and O–H groups in total. The second-order valence-electron chi connectivity index (χ2n) is 8.77. The molecule has 1 unspecified atom stereocenters. The minimum Gasteiger partial charge on any atom is -0.497 e. The Kier molecular flexibility index (Phi) is 8.16. The van der Waals surface area contributed by atoms with Crippen LogP contribution in [0.1, 0.15) is 54.9 Å². The molecule has 1 atom stereocenters. The summed E-state index contributed by atoms with van der Waals surface area (Å²) in [5, 5.41) is 11.9. The third-order valence-corrected chi connectivity index (χ3v) is 6.59. The Balaban J connectivity index is 1.46. The van der Waals surface area contributed by atoms with Gasteiger partial charge in [0.05, 0.1) is 7.11 Å². The van der Waals surface area contributed by atoms with E-state index in [1.807, 2.05) is 60.7 Å². The predicted molar refractivity (Wildman–Crippen MR) is 132 cm³/mol. The molecule has 0 amide bonds. The van der Waals surface area contributed by atoms with Crippen LogP contribution < -0.4 is 4.74 Å². The summed E-state index contributed by atoms with van der Waals surface area (Å²) in [6.07, 6.45) is 4.74. The lowest BCUT2D eigenvalue weighted by Gasteiger charge is -2.42. The summed E-state index contributed by atoms with van der Waals surface area (Å²) in [6.45, 7) is 2.40. The first-order chi connectivity index (χ1) is 16.2. The molecule has 1 fully saturated rings. The van der Waals surface area contributed by atoms with E-state index < -0.39 is 5.72 Å². The van der Waals surface area contributed by atoms with Gasteiger partial charge >= 0.3 is 0 Å². The van der Waals surface area contributed by atoms with Gasteiger partial charge in [0.1, 0.15) is 17.6 Å². The van der Waals surface area contributed by atoms with Crippen LogP contribution in [0.15, 0.2) is 84.9 Å². The second kappa shape index (κ2) is 11.5. The van der Waals surface area contributed by atoms with Crippen molar-refractivity contribution in [3.8, 4) is 5.75 Å². The van der Waals surface area contributed by atoms with E-state index in [1.165, 1.54) is 6.42 Å². The number of aliphatic hydroxyl groups is 1. The summed E-state index contributed by atoms with van der Waals surface area (Å²) in [4.78, 5) is 2.24. The number of methoxy groups -OCH3 is 1. The zero-order valence-corrected chi connectivity index (χ0v) is 19.5. The molecule has 0 saturated carbocycles. The quantitative estimate of drug-likeness (QED) is 0.394. The lowest BCUT2D eigenvalue weighted by Crippen LogP contribution is -2.48. The topological polar surface area (TPSA) is 41.9 Å². The monoisotopic (exact) mass is 445 g/mol. The van der Waals surface area contributed by atoms with Gasteiger partial charge in [0.15, 0.2) is 0 Å². The van der Waals surface area contributed by atoms with Crippen molar-refractivity contribution in [3.05, 3.63) is 102 Å². The minimum absolute atomic E-state index is 0.114. The van der Waals surface area contributed by atoms with E-state index >= 15 is 0 Å². The van der Waals surface area contributed by atoms with Crippen LogP contribution in [0.4, 0.5) is 0 Å². The molecule has 3 aromatic rings. The SMILES string of the molecule is COc1ccc(C(O)(CCCOC(c2ccccc2)c2ccccc2)N2CCCCC2)cc1. The fourth-order valence-corrected chi connectivity index (χ4v) is 4.77. The summed E-state index contributed by atoms with van der Waals surface area (Å²) in [5.41, 5.74) is 2.22. The number of benzene rings is 3. The van der Waals surface area contributed by atoms with E-state index in [0.717, 1.165) is 54.8 Å². The largest absolute Gasteiger partial charge is 0.497 e. The lowest BCUT2D eigenvalue weighted by molar-refractivity contribution is -0.133. The predicted octanol–water partition coefficient (Wildman–Crippen LogP) is 5.91. The van der Waals surface area contributed by atoms with Crippen molar-refractivity contribution in [3.63, 3.8) is 0 Å². The molecule has 1 aliphatic heterocycles. The average Bonchev–Trinajstić information content (AvgIpc) is 2.90. The van der Waals surface area contributed by atoms with Gasteiger partial charge in [0.2, 0.25) is 0 Å². The Labute approximate surface area is 197 Å². The maximum atomic E-state index is 11.9. The molecule has 33 heavy (non-hydrogen) atoms. The lowest BCUT2D eigenvalue weighted by atomic mass is 9.93. The average molecular weight is 446 g/mol. The number of piperidine rings is 1. The van der Waals surface area contributed by atoms with Crippen LogP contribution in [0.5, 0.6) is 5.75 Å². The molecule has 0 aliphatic carbocycles. The summed E-state index contributed by atoms with van der Waals surface area (Å²) in [5.74, 6) is 0.802. The third kappa shape index (κ3) is 5.83. The van der Waals surface area contributed by atoms with Gasteiger partial charge < -0.3 is 14.6 Å². The third-order valence-electron chi connectivity index (χ3n) is 6.59. The van der Waals surface area contributed by atoms with Crippen LogP contribution in [0.25, 0.3) is 0 Å². The number of hydrogen-bond acceptors (Lipinski definition) is 4. The molecule has 4 heteroatoms. The van der Waals surface area contributed by atoms with E-state index in [4.69, 9.17) is 9.47 Å². The zero-order valence-electron chi connectivity index (χ0n) is 19.5. The molecule has 0 aromatic heterocycles. The van der Waals surface area contributed by atoms with E-state index in [2.05, 4.69) is 29.2 Å². The first-order valence-electron chi connectivity index (χ1n) is 12.0. The fourth-order valence-electron chi connectivity index (χ4n) is 4.77. The molecule has 0 spiro atoms. The molecule has 4 nitrogen and oxygen atoms in total. The number of nitrogens with zero attached hydrogens (tertiary/aromatic N) is 1. The summed E-state index contributed by atoms with van der Waals surface area (Å²) in [6, 6.07) is 28.5. The highest BCUT2D eigenvalue weighted by atomic mass is 16.5. The van der Waals surface area contributed by atoms with Crippen molar-refractivity contribution in [2.24, 2.45) is 0 Å². The molecule has 1 saturated heterocycles. The van der Waals surface area contributed by atoms with Crippen molar-refractivity contribution in [2.45, 2.75) is 43.9 Å². The van der Waals surface area contributed by atoms with E-state index in [0.29, 0.717) is 13.0 Å². The highest BCUT2D eigenvalue weighted by Crippen LogP contribution is 2.35. The number of rotatable bonds is 10. The van der Waals surface area contributed by atoms with Gasteiger partial charge in [-0.2, -0.15) is 0 Å². The van der Waals surface area contributed by atoms with E-state index in [1.54, 1.807) is 7.11 Å². The van der Waals surface area contributed by atoms with Crippen LogP contribution in [-0.2, 0) is 10.5 Å². The molecular formula is C29H35NO3. The van der Waals surface area contributed by atoms with Gasteiger partial charge in [-0.05, 0) is 54.5 Å². The number of hydrogen-bond donors (Lipinski definition) is 1. The number of ether oxygens (including phenoxy) is 2. The molecular weight excluding hydrogens is 410 g/mol. The van der Waals surface area contributed by atoms with Crippen LogP contribution in [0, 0.1) is 0 Å². The normalized spacial score (nSPS) is 16.5. The molecule has 1 aliphatic rings. The number of likely N-dealkylation sites (tertiary alicyclic amines) is 1. The Morgan fingerprint density at radius 3 is 1.94 bits per heavy atom. The van der Waals surface area contributed by atoms with Crippen LogP contribution >= 0.6 is 0 Å². The van der Waals surface area contributed by atoms with E-state index in [-0.39, 0.29) is 6.10 Å². The fraction of sp³-hybridized carbons (Fsp3) is 0.379. The van der Waals surface area contributed by atoms with Crippen LogP contribution in [0.3, 0.4) is 0 Å². The summed E-state index contributed by atoms with van der Waals surface area (Å²) in [7, 11) is 1.67. The Morgan fingerprint density at radius 2 is 1.39 bits per heavy atom. The molecule has 1 heterocycles. The van der Waals surface area contributed by atoms with Crippen LogP contribution in [-0.4, -0.2) is 36.8 Å². The Morgan fingerprint density at radius 1 is 0.818 bits per heavy atom. The second-order valence-corrected chi connectivity index (χ2v) is 8.77. The summed E-state index contributed by atoms with van der Waals surface area (Å²) < 4.78 is 11.7.